The molecule has 0 saturated carbocycles. The van der Waals surface area contributed by atoms with Crippen molar-refractivity contribution >= 4 is 60.1 Å². The van der Waals surface area contributed by atoms with Gasteiger partial charge in [0.05, 0.1) is 17.9 Å². The predicted octanol–water partition coefficient (Wildman–Crippen LogP) is 4.96. The fourth-order valence-corrected chi connectivity index (χ4v) is 3.08. The fourth-order valence-electron chi connectivity index (χ4n) is 2.28. The second-order valence-corrected chi connectivity index (χ2v) is 7.91. The molecular formula is C19H19Br2NO3S. The molecule has 2 aromatic carbocycles. The van der Waals surface area contributed by atoms with Gasteiger partial charge in [-0.25, -0.2) is 4.21 Å². The number of hydrogen-bond acceptors (Lipinski definition) is 3. The largest absolute Gasteiger partial charge is 0.494 e. The van der Waals surface area contributed by atoms with Crippen molar-refractivity contribution < 1.29 is 13.7 Å². The molecule has 1 amide bonds. The first-order chi connectivity index (χ1) is 12.6. The second-order valence-electron chi connectivity index (χ2n) is 5.56. The SMILES string of the molecule is Brc1ccc(Br)cc1.O=S=CCCCOc1ccc2c(c1)CCC(=O)N2. The van der Waals surface area contributed by atoms with Crippen LogP contribution in [0.15, 0.2) is 51.4 Å². The molecule has 1 N–H and O–H groups in total. The summed E-state index contributed by atoms with van der Waals surface area (Å²) in [6, 6.07) is 13.7. The molecule has 1 aliphatic rings. The molecule has 0 fully saturated rings. The van der Waals surface area contributed by atoms with Crippen LogP contribution in [0, 0.1) is 0 Å². The van der Waals surface area contributed by atoms with Crippen molar-refractivity contribution in [1.29, 1.82) is 0 Å². The molecule has 0 bridgehead atoms. The van der Waals surface area contributed by atoms with E-state index < -0.39 is 0 Å². The number of unbranched alkanes of at least 4 members (excludes halogenated alkanes) is 1. The molecule has 7 heteroatoms. The Morgan fingerprint density at radius 2 is 1.77 bits per heavy atom. The van der Waals surface area contributed by atoms with Gasteiger partial charge >= 0.3 is 0 Å². The van der Waals surface area contributed by atoms with Crippen LogP contribution in [-0.4, -0.2) is 22.1 Å². The van der Waals surface area contributed by atoms with Crippen molar-refractivity contribution in [3.05, 3.63) is 57.0 Å². The lowest BCUT2D eigenvalue weighted by Crippen LogP contribution is -2.18. The zero-order valence-corrected chi connectivity index (χ0v) is 18.0. The molecule has 0 radical (unpaired) electrons. The number of carbonyl (C=O) groups is 1. The number of hydrogen-bond donors (Lipinski definition) is 1. The third kappa shape index (κ3) is 7.43. The van der Waals surface area contributed by atoms with Gasteiger partial charge in [-0.1, -0.05) is 31.9 Å². The summed E-state index contributed by atoms with van der Waals surface area (Å²) in [5, 5.41) is 4.46. The summed E-state index contributed by atoms with van der Waals surface area (Å²) in [5.41, 5.74) is 2.00. The van der Waals surface area contributed by atoms with E-state index in [4.69, 9.17) is 4.74 Å². The van der Waals surface area contributed by atoms with Gasteiger partial charge in [-0.15, -0.1) is 0 Å². The number of nitrogens with one attached hydrogen (secondary N) is 1. The first-order valence-electron chi connectivity index (χ1n) is 8.15. The molecule has 3 rings (SSSR count). The molecule has 0 aliphatic carbocycles. The molecule has 138 valence electrons. The van der Waals surface area contributed by atoms with Gasteiger partial charge in [-0.05, 0) is 67.3 Å². The van der Waals surface area contributed by atoms with Crippen LogP contribution >= 0.6 is 31.9 Å². The summed E-state index contributed by atoms with van der Waals surface area (Å²) in [4.78, 5) is 11.2. The standard InChI is InChI=1S/C13H15NO3S.C6H4Br2/c15-13-6-3-10-9-11(4-5-12(10)14-13)17-7-1-2-8-18-16;7-5-1-2-6(8)4-3-5/h4-5,8-9H,1-3,6-7H2,(H,14,15);1-4H. The normalized spacial score (nSPS) is 12.2. The van der Waals surface area contributed by atoms with E-state index in [1.807, 2.05) is 42.5 Å². The third-order valence-electron chi connectivity index (χ3n) is 3.58. The lowest BCUT2D eigenvalue weighted by atomic mass is 10.0. The number of ether oxygens (including phenoxy) is 1. The molecule has 26 heavy (non-hydrogen) atoms. The Labute approximate surface area is 173 Å². The van der Waals surface area contributed by atoms with Crippen LogP contribution in [0.4, 0.5) is 5.69 Å². The zero-order chi connectivity index (χ0) is 18.8. The molecule has 0 saturated heterocycles. The predicted molar refractivity (Wildman–Crippen MR) is 114 cm³/mol. The Morgan fingerprint density at radius 3 is 2.42 bits per heavy atom. The van der Waals surface area contributed by atoms with Crippen LogP contribution < -0.4 is 10.1 Å². The van der Waals surface area contributed by atoms with Crippen molar-refractivity contribution in [3.63, 3.8) is 0 Å². The maximum absolute atomic E-state index is 11.2. The highest BCUT2D eigenvalue weighted by Gasteiger charge is 2.14. The van der Waals surface area contributed by atoms with Crippen LogP contribution in [0.5, 0.6) is 5.75 Å². The van der Waals surface area contributed by atoms with E-state index in [9.17, 15) is 9.00 Å². The number of fused-ring (bicyclic) bond motifs is 1. The van der Waals surface area contributed by atoms with Crippen LogP contribution in [0.25, 0.3) is 0 Å². The van der Waals surface area contributed by atoms with E-state index in [2.05, 4.69) is 37.2 Å². The zero-order valence-electron chi connectivity index (χ0n) is 14.0. The van der Waals surface area contributed by atoms with Crippen molar-refractivity contribution in [3.8, 4) is 5.75 Å². The summed E-state index contributed by atoms with van der Waals surface area (Å²) in [7, 11) is 0. The molecule has 4 nitrogen and oxygen atoms in total. The van der Waals surface area contributed by atoms with Crippen molar-refractivity contribution in [2.75, 3.05) is 11.9 Å². The van der Waals surface area contributed by atoms with Gasteiger partial charge in [0.25, 0.3) is 0 Å². The van der Waals surface area contributed by atoms with E-state index >= 15 is 0 Å². The van der Waals surface area contributed by atoms with E-state index in [1.165, 1.54) is 0 Å². The van der Waals surface area contributed by atoms with E-state index in [0.717, 1.165) is 45.2 Å². The average molecular weight is 501 g/mol. The number of benzene rings is 2. The highest BCUT2D eigenvalue weighted by atomic mass is 79.9. The van der Waals surface area contributed by atoms with Gasteiger partial charge in [0, 0.05) is 26.4 Å². The first-order valence-corrected chi connectivity index (χ1v) is 10.5. The highest BCUT2D eigenvalue weighted by molar-refractivity contribution is 9.11. The molecule has 0 aromatic heterocycles. The van der Waals surface area contributed by atoms with Gasteiger partial charge < -0.3 is 10.1 Å². The van der Waals surface area contributed by atoms with Crippen LogP contribution in [0.3, 0.4) is 0 Å². The number of aryl methyl sites for hydroxylation is 1. The Balaban J connectivity index is 0.000000254. The molecule has 1 heterocycles. The Morgan fingerprint density at radius 1 is 1.08 bits per heavy atom. The second kappa shape index (κ2) is 11.3. The van der Waals surface area contributed by atoms with Gasteiger partial charge in [0.15, 0.2) is 0 Å². The smallest absolute Gasteiger partial charge is 0.224 e. The Hall–Kier alpha value is -1.44. The Kier molecular flexibility index (Phi) is 9.08. The summed E-state index contributed by atoms with van der Waals surface area (Å²) in [5.74, 6) is 0.890. The van der Waals surface area contributed by atoms with Crippen LogP contribution in [-0.2, 0) is 22.5 Å². The van der Waals surface area contributed by atoms with E-state index in [1.54, 1.807) is 5.37 Å². The number of carbonyl (C=O) groups excluding carboxylic acids is 1. The third-order valence-corrected chi connectivity index (χ3v) is 5.01. The number of rotatable bonds is 5. The van der Waals surface area contributed by atoms with Crippen molar-refractivity contribution in [1.82, 2.24) is 0 Å². The minimum absolute atomic E-state index is 0.0711. The average Bonchev–Trinajstić information content (AvgIpc) is 2.64. The summed E-state index contributed by atoms with van der Waals surface area (Å²) < 4.78 is 18.0. The van der Waals surface area contributed by atoms with Crippen LogP contribution in [0.1, 0.15) is 24.8 Å². The maximum atomic E-state index is 11.2. The van der Waals surface area contributed by atoms with Crippen molar-refractivity contribution in [2.24, 2.45) is 0 Å². The number of amides is 1. The first kappa shape index (κ1) is 20.9. The van der Waals surface area contributed by atoms with Gasteiger partial charge in [-0.3, -0.25) is 4.79 Å². The minimum Gasteiger partial charge on any atom is -0.494 e. The quantitative estimate of drug-likeness (QED) is 0.466. The molecule has 0 unspecified atom stereocenters. The van der Waals surface area contributed by atoms with E-state index in [-0.39, 0.29) is 5.91 Å². The molecule has 0 spiro atoms. The van der Waals surface area contributed by atoms with Crippen molar-refractivity contribution in [2.45, 2.75) is 25.7 Å². The Bertz CT molecular complexity index is 769. The van der Waals surface area contributed by atoms with E-state index in [0.29, 0.717) is 24.3 Å². The number of halogens is 2. The highest BCUT2D eigenvalue weighted by Crippen LogP contribution is 2.26. The van der Waals surface area contributed by atoms with Gasteiger partial charge in [-0.2, -0.15) is 0 Å². The minimum atomic E-state index is 0.0711. The summed E-state index contributed by atoms with van der Waals surface area (Å²) in [6.45, 7) is 0.599. The monoisotopic (exact) mass is 499 g/mol. The molecule has 2 aromatic rings. The summed E-state index contributed by atoms with van der Waals surface area (Å²) in [6.07, 6.45) is 2.89. The van der Waals surface area contributed by atoms with Gasteiger partial charge in [0.1, 0.15) is 5.75 Å². The maximum Gasteiger partial charge on any atom is 0.224 e. The lowest BCUT2D eigenvalue weighted by Gasteiger charge is -2.17. The topological polar surface area (TPSA) is 55.4 Å². The molecular weight excluding hydrogens is 482 g/mol. The van der Waals surface area contributed by atoms with Gasteiger partial charge in [0.2, 0.25) is 5.91 Å². The van der Waals surface area contributed by atoms with Crippen LogP contribution in [0.2, 0.25) is 0 Å². The molecule has 1 aliphatic heterocycles. The number of anilines is 1. The lowest BCUT2D eigenvalue weighted by molar-refractivity contribution is -0.116. The summed E-state index contributed by atoms with van der Waals surface area (Å²) >= 11 is 7.15. The molecule has 0 atom stereocenters. The fraction of sp³-hybridized carbons (Fsp3) is 0.263.